The zero-order chi connectivity index (χ0) is 10.9. The van der Waals surface area contributed by atoms with Gasteiger partial charge in [-0.05, 0) is 0 Å². The zero-order valence-electron chi connectivity index (χ0n) is 7.41. The summed E-state index contributed by atoms with van der Waals surface area (Å²) in [6.45, 7) is 1.44. The number of ether oxygens (including phenoxy) is 1. The van der Waals surface area contributed by atoms with Crippen molar-refractivity contribution < 1.29 is 28.7 Å². The van der Waals surface area contributed by atoms with Gasteiger partial charge in [0.05, 0.1) is 12.7 Å². The normalized spacial score (nSPS) is 38.9. The van der Waals surface area contributed by atoms with Gasteiger partial charge < -0.3 is 19.6 Å². The van der Waals surface area contributed by atoms with Crippen molar-refractivity contribution in [3.63, 3.8) is 0 Å². The fraction of sp³-hybridized carbons (Fsp3) is 1.00. The Balaban J connectivity index is 2.44. The molecule has 0 aromatic rings. The van der Waals surface area contributed by atoms with Gasteiger partial charge in [0.1, 0.15) is 11.1 Å². The van der Waals surface area contributed by atoms with Gasteiger partial charge in [-0.1, -0.05) is 22.9 Å². The molecular formula is C6H12BrO6P. The standard InChI is InChI=1S/C6H12BrO6P/c1-3-5(8)4(13-6(3)7)2-12-14(9,10)11/h3-6,8H,2H2,1H3,(H2,9,10,11)/t3-,4-,5?,6-/m1/s1. The Morgan fingerprint density at radius 3 is 2.50 bits per heavy atom. The van der Waals surface area contributed by atoms with Crippen molar-refractivity contribution in [1.29, 1.82) is 0 Å². The van der Waals surface area contributed by atoms with E-state index in [9.17, 15) is 9.67 Å². The second-order valence-corrected chi connectivity index (χ2v) is 5.30. The molecule has 1 unspecified atom stereocenters. The lowest BCUT2D eigenvalue weighted by Gasteiger charge is -2.15. The maximum atomic E-state index is 10.4. The molecule has 0 radical (unpaired) electrons. The first-order valence-corrected chi connectivity index (χ1v) is 6.43. The minimum absolute atomic E-state index is 0.139. The van der Waals surface area contributed by atoms with Crippen LogP contribution in [0.15, 0.2) is 0 Å². The predicted octanol–water partition coefficient (Wildman–Crippen LogP) is 0.213. The molecule has 0 aliphatic carbocycles. The van der Waals surface area contributed by atoms with Crippen LogP contribution in [0.5, 0.6) is 0 Å². The van der Waals surface area contributed by atoms with E-state index in [4.69, 9.17) is 14.5 Å². The molecule has 8 heteroatoms. The first-order chi connectivity index (χ1) is 6.31. The first kappa shape index (κ1) is 12.6. The second kappa shape index (κ2) is 4.57. The number of phosphoric acid groups is 1. The van der Waals surface area contributed by atoms with Crippen LogP contribution in [0.3, 0.4) is 0 Å². The molecule has 0 amide bonds. The molecule has 3 N–H and O–H groups in total. The molecule has 0 aromatic carbocycles. The van der Waals surface area contributed by atoms with Crippen molar-refractivity contribution in [2.75, 3.05) is 6.61 Å². The minimum Gasteiger partial charge on any atom is -0.390 e. The maximum absolute atomic E-state index is 10.4. The van der Waals surface area contributed by atoms with E-state index >= 15 is 0 Å². The van der Waals surface area contributed by atoms with E-state index in [1.807, 2.05) is 0 Å². The molecule has 4 atom stereocenters. The van der Waals surface area contributed by atoms with E-state index in [1.54, 1.807) is 6.92 Å². The van der Waals surface area contributed by atoms with Crippen LogP contribution < -0.4 is 0 Å². The number of hydrogen-bond donors (Lipinski definition) is 3. The second-order valence-electron chi connectivity index (χ2n) is 3.16. The molecule has 1 saturated heterocycles. The summed E-state index contributed by atoms with van der Waals surface area (Å²) in [7, 11) is -4.49. The fourth-order valence-electron chi connectivity index (χ4n) is 1.17. The summed E-state index contributed by atoms with van der Waals surface area (Å²) in [5.74, 6) is -0.139. The smallest absolute Gasteiger partial charge is 0.390 e. The van der Waals surface area contributed by atoms with E-state index in [-0.39, 0.29) is 17.5 Å². The van der Waals surface area contributed by atoms with Crippen molar-refractivity contribution in [3.05, 3.63) is 0 Å². The molecule has 14 heavy (non-hydrogen) atoms. The van der Waals surface area contributed by atoms with Crippen LogP contribution in [-0.2, 0) is 13.8 Å². The first-order valence-electron chi connectivity index (χ1n) is 3.99. The number of halogens is 1. The lowest BCUT2D eigenvalue weighted by Crippen LogP contribution is -2.29. The van der Waals surface area contributed by atoms with Crippen LogP contribution in [-0.4, -0.2) is 38.7 Å². The highest BCUT2D eigenvalue weighted by molar-refractivity contribution is 9.09. The van der Waals surface area contributed by atoms with Crippen LogP contribution in [0.1, 0.15) is 6.92 Å². The summed E-state index contributed by atoms with van der Waals surface area (Å²) in [6.07, 6.45) is -1.49. The van der Waals surface area contributed by atoms with E-state index in [1.165, 1.54) is 0 Å². The molecule has 0 saturated carbocycles. The third-order valence-electron chi connectivity index (χ3n) is 2.04. The van der Waals surface area contributed by atoms with Gasteiger partial charge in [0.15, 0.2) is 0 Å². The fourth-order valence-corrected chi connectivity index (χ4v) is 2.10. The van der Waals surface area contributed by atoms with Gasteiger partial charge in [-0.3, -0.25) is 4.52 Å². The van der Waals surface area contributed by atoms with Crippen molar-refractivity contribution in [2.24, 2.45) is 5.92 Å². The molecule has 1 heterocycles. The van der Waals surface area contributed by atoms with Crippen molar-refractivity contribution >= 4 is 23.8 Å². The highest BCUT2D eigenvalue weighted by Crippen LogP contribution is 2.38. The summed E-state index contributed by atoms with van der Waals surface area (Å²) in [4.78, 5) is 16.9. The number of hydrogen-bond acceptors (Lipinski definition) is 4. The average Bonchev–Trinajstić information content (AvgIpc) is 2.28. The Morgan fingerprint density at radius 2 is 2.14 bits per heavy atom. The Labute approximate surface area is 89.6 Å². The van der Waals surface area contributed by atoms with Crippen LogP contribution in [0.4, 0.5) is 0 Å². The van der Waals surface area contributed by atoms with Gasteiger partial charge in [-0.15, -0.1) is 0 Å². The third kappa shape index (κ3) is 3.27. The summed E-state index contributed by atoms with van der Waals surface area (Å²) in [5, 5.41) is 9.22. The third-order valence-corrected chi connectivity index (χ3v) is 3.58. The predicted molar refractivity (Wildman–Crippen MR) is 50.8 cm³/mol. The molecule has 84 valence electrons. The monoisotopic (exact) mass is 290 g/mol. The molecule has 1 aliphatic heterocycles. The number of aliphatic hydroxyl groups excluding tert-OH is 1. The number of aliphatic hydroxyl groups is 1. The van der Waals surface area contributed by atoms with Crippen LogP contribution >= 0.6 is 23.8 Å². The highest BCUT2D eigenvalue weighted by Gasteiger charge is 2.40. The Kier molecular flexibility index (Phi) is 4.11. The quantitative estimate of drug-likeness (QED) is 0.508. The van der Waals surface area contributed by atoms with E-state index in [0.29, 0.717) is 0 Å². The van der Waals surface area contributed by atoms with Gasteiger partial charge in [-0.25, -0.2) is 4.57 Å². The highest BCUT2D eigenvalue weighted by atomic mass is 79.9. The molecule has 1 aliphatic rings. The number of rotatable bonds is 3. The Morgan fingerprint density at radius 1 is 1.57 bits per heavy atom. The van der Waals surface area contributed by atoms with Gasteiger partial charge in [0.2, 0.25) is 0 Å². The van der Waals surface area contributed by atoms with Gasteiger partial charge >= 0.3 is 7.82 Å². The van der Waals surface area contributed by atoms with E-state index < -0.39 is 20.0 Å². The van der Waals surface area contributed by atoms with Crippen molar-refractivity contribution in [2.45, 2.75) is 24.1 Å². The van der Waals surface area contributed by atoms with Crippen molar-refractivity contribution in [3.8, 4) is 0 Å². The van der Waals surface area contributed by atoms with Crippen LogP contribution in [0.2, 0.25) is 0 Å². The van der Waals surface area contributed by atoms with E-state index in [0.717, 1.165) is 0 Å². The topological polar surface area (TPSA) is 96.2 Å². The lowest BCUT2D eigenvalue weighted by atomic mass is 10.1. The lowest BCUT2D eigenvalue weighted by molar-refractivity contribution is -0.00261. The average molecular weight is 291 g/mol. The number of alkyl halides is 1. The molecule has 0 spiro atoms. The SMILES string of the molecule is C[C@@H]1C(O)[C@@H](COP(=O)(O)O)O[C@H]1Br. The zero-order valence-corrected chi connectivity index (χ0v) is 9.89. The molecule has 1 fully saturated rings. The van der Waals surface area contributed by atoms with Gasteiger partial charge in [0, 0.05) is 5.92 Å². The van der Waals surface area contributed by atoms with E-state index in [2.05, 4.69) is 20.5 Å². The Bertz CT molecular complexity index is 242. The molecule has 1 rings (SSSR count). The molecular weight excluding hydrogens is 279 g/mol. The summed E-state index contributed by atoms with van der Waals surface area (Å²) < 4.78 is 19.8. The molecule has 0 bridgehead atoms. The number of phosphoric ester groups is 1. The Hall–Kier alpha value is 0.510. The minimum atomic E-state index is -4.49. The summed E-state index contributed by atoms with van der Waals surface area (Å²) >= 11 is 3.17. The summed E-state index contributed by atoms with van der Waals surface area (Å²) in [5.41, 5.74) is 0. The van der Waals surface area contributed by atoms with Crippen LogP contribution in [0.25, 0.3) is 0 Å². The maximum Gasteiger partial charge on any atom is 0.469 e. The summed E-state index contributed by atoms with van der Waals surface area (Å²) in [6, 6.07) is 0. The van der Waals surface area contributed by atoms with Gasteiger partial charge in [0.25, 0.3) is 0 Å². The van der Waals surface area contributed by atoms with Gasteiger partial charge in [-0.2, -0.15) is 0 Å². The molecule has 6 nitrogen and oxygen atoms in total. The van der Waals surface area contributed by atoms with Crippen molar-refractivity contribution in [1.82, 2.24) is 0 Å². The van der Waals surface area contributed by atoms with Crippen LogP contribution in [0, 0.1) is 5.92 Å². The largest absolute Gasteiger partial charge is 0.469 e. The molecule has 0 aromatic heterocycles.